The van der Waals surface area contributed by atoms with E-state index in [-0.39, 0.29) is 0 Å². The monoisotopic (exact) mass is 254 g/mol. The van der Waals surface area contributed by atoms with Crippen LogP contribution in [-0.4, -0.2) is 11.9 Å². The summed E-state index contributed by atoms with van der Waals surface area (Å²) in [5, 5.41) is 0.896. The van der Waals surface area contributed by atoms with Gasteiger partial charge in [0.2, 0.25) is 0 Å². The molecule has 1 aromatic carbocycles. The molecule has 1 rings (SSSR count). The summed E-state index contributed by atoms with van der Waals surface area (Å²) in [5.74, 6) is 0.954. The van der Waals surface area contributed by atoms with Crippen LogP contribution in [0.3, 0.4) is 0 Å². The number of ether oxygens (including phenoxy) is 1. The smallest absolute Gasteiger partial charge is 0.126 e. The molecule has 0 unspecified atom stereocenters. The molecule has 0 amide bonds. The summed E-state index contributed by atoms with van der Waals surface area (Å²) in [6.07, 6.45) is 2.14. The van der Waals surface area contributed by atoms with E-state index in [1.54, 1.807) is 0 Å². The predicted molar refractivity (Wildman–Crippen MR) is 65.1 cm³/mol. The van der Waals surface area contributed by atoms with Gasteiger partial charge in [-0.25, -0.2) is 0 Å². The Labute approximate surface area is 93.9 Å². The van der Waals surface area contributed by atoms with E-state index in [4.69, 9.17) is 4.74 Å². The van der Waals surface area contributed by atoms with Crippen molar-refractivity contribution < 1.29 is 4.74 Å². The zero-order valence-corrected chi connectivity index (χ0v) is 10.2. The first kappa shape index (κ1) is 11.3. The maximum atomic E-state index is 5.52. The first-order valence-corrected chi connectivity index (χ1v) is 5.85. The summed E-state index contributed by atoms with van der Waals surface area (Å²) in [5.41, 5.74) is 2.43. The fourth-order valence-electron chi connectivity index (χ4n) is 1.19. The summed E-state index contributed by atoms with van der Waals surface area (Å²) in [6.45, 7) is 4.80. The Morgan fingerprint density at radius 1 is 1.43 bits per heavy atom. The van der Waals surface area contributed by atoms with Crippen LogP contribution in [-0.2, 0) is 0 Å². The van der Waals surface area contributed by atoms with Crippen LogP contribution in [0, 0.1) is 0 Å². The minimum Gasteiger partial charge on any atom is -0.493 e. The number of para-hydroxylation sites is 1. The highest BCUT2D eigenvalue weighted by molar-refractivity contribution is 9.09. The molecule has 0 radical (unpaired) electrons. The van der Waals surface area contributed by atoms with Gasteiger partial charge < -0.3 is 4.74 Å². The molecule has 2 heteroatoms. The second kappa shape index (κ2) is 5.86. The lowest BCUT2D eigenvalue weighted by Crippen LogP contribution is -1.93. The third-order valence-electron chi connectivity index (χ3n) is 1.83. The molecule has 0 saturated heterocycles. The van der Waals surface area contributed by atoms with E-state index in [0.29, 0.717) is 6.61 Å². The highest BCUT2D eigenvalue weighted by atomic mass is 79.9. The first-order chi connectivity index (χ1) is 6.77. The van der Waals surface area contributed by atoms with Crippen LogP contribution in [0.25, 0.3) is 6.08 Å². The van der Waals surface area contributed by atoms with E-state index in [2.05, 4.69) is 35.0 Å². The number of rotatable bonds is 4. The van der Waals surface area contributed by atoms with Crippen molar-refractivity contribution >= 4 is 22.0 Å². The fraction of sp³-hybridized carbons (Fsp3) is 0.333. The Balaban J connectivity index is 2.95. The summed E-state index contributed by atoms with van der Waals surface area (Å²) in [7, 11) is 0. The average Bonchev–Trinajstić information content (AvgIpc) is 2.21. The van der Waals surface area contributed by atoms with Crippen molar-refractivity contribution in [2.45, 2.75) is 13.8 Å². The van der Waals surface area contributed by atoms with E-state index >= 15 is 0 Å². The zero-order chi connectivity index (χ0) is 10.4. The van der Waals surface area contributed by atoms with Gasteiger partial charge in [0.15, 0.2) is 0 Å². The van der Waals surface area contributed by atoms with Gasteiger partial charge >= 0.3 is 0 Å². The maximum Gasteiger partial charge on any atom is 0.126 e. The van der Waals surface area contributed by atoms with Crippen LogP contribution in [0.1, 0.15) is 19.4 Å². The third-order valence-corrected chi connectivity index (χ3v) is 2.72. The number of hydrogen-bond acceptors (Lipinski definition) is 1. The van der Waals surface area contributed by atoms with Gasteiger partial charge in [-0.15, -0.1) is 0 Å². The van der Waals surface area contributed by atoms with Crippen molar-refractivity contribution in [3.05, 3.63) is 35.4 Å². The van der Waals surface area contributed by atoms with Crippen molar-refractivity contribution in [3.8, 4) is 5.75 Å². The number of allylic oxidation sites excluding steroid dienone is 1. The normalized spacial score (nSPS) is 11.5. The Morgan fingerprint density at radius 2 is 2.14 bits per heavy atom. The Morgan fingerprint density at radius 3 is 2.79 bits per heavy atom. The lowest BCUT2D eigenvalue weighted by atomic mass is 10.1. The highest BCUT2D eigenvalue weighted by Gasteiger charge is 1.98. The van der Waals surface area contributed by atoms with E-state index in [9.17, 15) is 0 Å². The molecule has 0 aliphatic rings. The standard InChI is InChI=1S/C12H15BrO/c1-3-14-12-7-5-4-6-11(12)8-10(2)9-13/h4-8H,3,9H2,1-2H3. The van der Waals surface area contributed by atoms with Crippen molar-refractivity contribution in [1.29, 1.82) is 0 Å². The molecule has 0 bridgehead atoms. The number of halogens is 1. The topological polar surface area (TPSA) is 9.23 Å². The molecule has 0 aliphatic heterocycles. The Bertz CT molecular complexity index is 318. The average molecular weight is 255 g/mol. The second-order valence-corrected chi connectivity index (χ2v) is 3.66. The molecular formula is C12H15BrO. The van der Waals surface area contributed by atoms with Crippen molar-refractivity contribution in [1.82, 2.24) is 0 Å². The molecule has 0 fully saturated rings. The van der Waals surface area contributed by atoms with Crippen LogP contribution in [0.4, 0.5) is 0 Å². The SMILES string of the molecule is CCOc1ccccc1C=C(C)CBr. The van der Waals surface area contributed by atoms with Gasteiger partial charge in [-0.05, 0) is 19.9 Å². The quantitative estimate of drug-likeness (QED) is 0.742. The summed E-state index contributed by atoms with van der Waals surface area (Å²) in [6, 6.07) is 8.08. The molecule has 1 nitrogen and oxygen atoms in total. The number of alkyl halides is 1. The fourth-order valence-corrected chi connectivity index (χ4v) is 1.35. The maximum absolute atomic E-state index is 5.52. The minimum absolute atomic E-state index is 0.707. The zero-order valence-electron chi connectivity index (χ0n) is 8.59. The molecular weight excluding hydrogens is 240 g/mol. The third kappa shape index (κ3) is 3.18. The molecule has 0 heterocycles. The van der Waals surface area contributed by atoms with Crippen molar-refractivity contribution in [2.24, 2.45) is 0 Å². The molecule has 0 atom stereocenters. The van der Waals surface area contributed by atoms with Crippen LogP contribution in [0.5, 0.6) is 5.75 Å². The molecule has 76 valence electrons. The molecule has 0 aromatic heterocycles. The van der Waals surface area contributed by atoms with Gasteiger partial charge in [-0.2, -0.15) is 0 Å². The Kier molecular flexibility index (Phi) is 4.74. The van der Waals surface area contributed by atoms with Crippen LogP contribution >= 0.6 is 15.9 Å². The van der Waals surface area contributed by atoms with Crippen LogP contribution < -0.4 is 4.74 Å². The van der Waals surface area contributed by atoms with Gasteiger partial charge in [0.25, 0.3) is 0 Å². The van der Waals surface area contributed by atoms with E-state index in [0.717, 1.165) is 16.6 Å². The van der Waals surface area contributed by atoms with Gasteiger partial charge in [-0.3, -0.25) is 0 Å². The number of hydrogen-bond donors (Lipinski definition) is 0. The molecule has 0 N–H and O–H groups in total. The number of benzene rings is 1. The molecule has 14 heavy (non-hydrogen) atoms. The lowest BCUT2D eigenvalue weighted by molar-refractivity contribution is 0.339. The molecule has 0 aliphatic carbocycles. The van der Waals surface area contributed by atoms with Gasteiger partial charge in [0, 0.05) is 10.9 Å². The largest absolute Gasteiger partial charge is 0.493 e. The van der Waals surface area contributed by atoms with E-state index in [1.165, 1.54) is 5.57 Å². The Hall–Kier alpha value is -0.760. The minimum atomic E-state index is 0.707. The van der Waals surface area contributed by atoms with Crippen LogP contribution in [0.15, 0.2) is 29.8 Å². The molecule has 0 saturated carbocycles. The summed E-state index contributed by atoms with van der Waals surface area (Å²) in [4.78, 5) is 0. The summed E-state index contributed by atoms with van der Waals surface area (Å²) >= 11 is 3.43. The van der Waals surface area contributed by atoms with Gasteiger partial charge in [0.1, 0.15) is 5.75 Å². The first-order valence-electron chi connectivity index (χ1n) is 4.73. The lowest BCUT2D eigenvalue weighted by Gasteiger charge is -2.07. The van der Waals surface area contributed by atoms with E-state index < -0.39 is 0 Å². The molecule has 0 spiro atoms. The van der Waals surface area contributed by atoms with Crippen molar-refractivity contribution in [3.63, 3.8) is 0 Å². The molecule has 1 aromatic rings. The highest BCUT2D eigenvalue weighted by Crippen LogP contribution is 2.21. The van der Waals surface area contributed by atoms with Crippen LogP contribution in [0.2, 0.25) is 0 Å². The summed E-state index contributed by atoms with van der Waals surface area (Å²) < 4.78 is 5.52. The second-order valence-electron chi connectivity index (χ2n) is 3.10. The van der Waals surface area contributed by atoms with Crippen molar-refractivity contribution in [2.75, 3.05) is 11.9 Å². The van der Waals surface area contributed by atoms with Gasteiger partial charge in [0.05, 0.1) is 6.61 Å². The van der Waals surface area contributed by atoms with E-state index in [1.807, 2.05) is 25.1 Å². The predicted octanol–water partition coefficient (Wildman–Crippen LogP) is 3.88. The van der Waals surface area contributed by atoms with Gasteiger partial charge in [-0.1, -0.05) is 45.8 Å².